The summed E-state index contributed by atoms with van der Waals surface area (Å²) in [7, 11) is 0. The van der Waals surface area contributed by atoms with Crippen LogP contribution in [0.3, 0.4) is 0 Å². The van der Waals surface area contributed by atoms with E-state index in [-0.39, 0.29) is 0 Å². The van der Waals surface area contributed by atoms with Crippen LogP contribution in [0.2, 0.25) is 0 Å². The minimum Gasteiger partial charge on any atom is -0.225 e. The van der Waals surface area contributed by atoms with Crippen molar-refractivity contribution in [3.05, 3.63) is 30.4 Å². The first-order valence-electron chi connectivity index (χ1n) is 3.85. The summed E-state index contributed by atoms with van der Waals surface area (Å²) in [5.41, 5.74) is 0.787. The molecule has 0 fully saturated rings. The fourth-order valence-corrected chi connectivity index (χ4v) is 0.546. The van der Waals surface area contributed by atoms with Gasteiger partial charge in [-0.15, -0.1) is 10.2 Å². The van der Waals surface area contributed by atoms with Crippen molar-refractivity contribution in [1.82, 2.24) is 35.6 Å². The Morgan fingerprint density at radius 3 is 2.00 bits per heavy atom. The Morgan fingerprint density at radius 2 is 1.71 bits per heavy atom. The van der Waals surface area contributed by atoms with E-state index >= 15 is 0 Å². The Bertz CT molecular complexity index is 311. The van der Waals surface area contributed by atoms with E-state index in [0.717, 1.165) is 11.5 Å². The normalized spacial score (nSPS) is 8.71. The van der Waals surface area contributed by atoms with Gasteiger partial charge in [-0.2, -0.15) is 0 Å². The van der Waals surface area contributed by atoms with Crippen molar-refractivity contribution in [2.75, 3.05) is 0 Å². The van der Waals surface area contributed by atoms with Gasteiger partial charge in [-0.1, -0.05) is 0 Å². The maximum atomic E-state index is 3.76. The maximum Gasteiger partial charge on any atom is 0.128 e. The van der Waals surface area contributed by atoms with Crippen LogP contribution < -0.4 is 0 Å². The van der Waals surface area contributed by atoms with E-state index in [0.29, 0.717) is 0 Å². The Labute approximate surface area is 80.7 Å². The summed E-state index contributed by atoms with van der Waals surface area (Å²) in [6.07, 6.45) is 4.50. The molecule has 0 aromatic carbocycles. The molecule has 14 heavy (non-hydrogen) atoms. The van der Waals surface area contributed by atoms with Crippen LogP contribution in [0.1, 0.15) is 11.5 Å². The molecular weight excluding hydrogens is 182 g/mol. The van der Waals surface area contributed by atoms with Crippen LogP contribution in [0.25, 0.3) is 0 Å². The second-order valence-electron chi connectivity index (χ2n) is 2.35. The van der Waals surface area contributed by atoms with Gasteiger partial charge in [-0.3, -0.25) is 0 Å². The van der Waals surface area contributed by atoms with Crippen molar-refractivity contribution in [3.63, 3.8) is 0 Å². The molecule has 0 bridgehead atoms. The van der Waals surface area contributed by atoms with Crippen molar-refractivity contribution in [2.24, 2.45) is 0 Å². The third-order valence-corrected chi connectivity index (χ3v) is 1.16. The molecule has 0 N–H and O–H groups in total. The monoisotopic (exact) mass is 191 g/mol. The first-order valence-corrected chi connectivity index (χ1v) is 3.85. The molecule has 0 unspecified atom stereocenters. The lowest BCUT2D eigenvalue weighted by Gasteiger charge is -1.80. The van der Waals surface area contributed by atoms with Crippen LogP contribution in [0.15, 0.2) is 18.9 Å². The lowest BCUT2D eigenvalue weighted by molar-refractivity contribution is 0.742. The van der Waals surface area contributed by atoms with Gasteiger partial charge in [0.05, 0.1) is 11.9 Å². The van der Waals surface area contributed by atoms with Crippen molar-refractivity contribution in [3.8, 4) is 0 Å². The zero-order valence-electron chi connectivity index (χ0n) is 7.86. The van der Waals surface area contributed by atoms with Crippen LogP contribution in [0, 0.1) is 13.8 Å². The number of nitrogens with zero attached hydrogens (tertiary/aromatic N) is 7. The SMILES string of the molecule is Cc1cnnnn1.Cc1ncncn1. The van der Waals surface area contributed by atoms with Crippen LogP contribution in [0.4, 0.5) is 0 Å². The fourth-order valence-electron chi connectivity index (χ4n) is 0.546. The van der Waals surface area contributed by atoms with Gasteiger partial charge in [0.1, 0.15) is 18.5 Å². The standard InChI is InChI=1S/C4H5N3.C3H4N4/c1-4-6-2-5-3-7-4;1-3-2-4-6-7-5-3/h2-3H,1H3;2H,1H3. The summed E-state index contributed by atoms with van der Waals surface area (Å²) in [5, 5.41) is 13.5. The number of aryl methyl sites for hydroxylation is 2. The molecule has 0 aliphatic rings. The molecule has 7 nitrogen and oxygen atoms in total. The smallest absolute Gasteiger partial charge is 0.128 e. The molecular formula is C7H9N7. The molecule has 2 aromatic rings. The van der Waals surface area contributed by atoms with Crippen LogP contribution in [-0.2, 0) is 0 Å². The molecule has 0 spiro atoms. The van der Waals surface area contributed by atoms with E-state index in [9.17, 15) is 0 Å². The summed E-state index contributed by atoms with van der Waals surface area (Å²) in [6.45, 7) is 3.63. The molecule has 0 aliphatic carbocycles. The number of aromatic nitrogens is 7. The molecule has 7 heteroatoms. The maximum absolute atomic E-state index is 3.76. The third-order valence-electron chi connectivity index (χ3n) is 1.16. The van der Waals surface area contributed by atoms with E-state index in [1.807, 2.05) is 13.8 Å². The zero-order valence-corrected chi connectivity index (χ0v) is 7.86. The Hall–Kier alpha value is -2.05. The average molecular weight is 191 g/mol. The zero-order chi connectivity index (χ0) is 10.2. The largest absolute Gasteiger partial charge is 0.225 e. The first kappa shape index (κ1) is 10.0. The summed E-state index contributed by atoms with van der Waals surface area (Å²) in [6, 6.07) is 0. The van der Waals surface area contributed by atoms with Gasteiger partial charge in [-0.25, -0.2) is 15.0 Å². The number of rotatable bonds is 0. The predicted molar refractivity (Wildman–Crippen MR) is 46.9 cm³/mol. The van der Waals surface area contributed by atoms with Crippen molar-refractivity contribution < 1.29 is 0 Å². The molecule has 2 heterocycles. The van der Waals surface area contributed by atoms with Crippen molar-refractivity contribution in [1.29, 1.82) is 0 Å². The number of hydrogen-bond donors (Lipinski definition) is 0. The summed E-state index contributed by atoms with van der Waals surface area (Å²) in [5.74, 6) is 0.759. The molecule has 0 saturated carbocycles. The molecule has 0 aliphatic heterocycles. The topological polar surface area (TPSA) is 90.2 Å². The van der Waals surface area contributed by atoms with Gasteiger partial charge in [0.2, 0.25) is 0 Å². The first-order chi connectivity index (χ1) is 6.79. The third kappa shape index (κ3) is 4.10. The Balaban J connectivity index is 0.000000140. The highest BCUT2D eigenvalue weighted by molar-refractivity contribution is 4.81. The minimum atomic E-state index is 0.759. The van der Waals surface area contributed by atoms with Gasteiger partial charge < -0.3 is 0 Å². The highest BCUT2D eigenvalue weighted by atomic mass is 15.4. The Kier molecular flexibility index (Phi) is 3.99. The summed E-state index contributed by atoms with van der Waals surface area (Å²) >= 11 is 0. The van der Waals surface area contributed by atoms with E-state index in [2.05, 4.69) is 35.6 Å². The highest BCUT2D eigenvalue weighted by Gasteiger charge is 1.77. The highest BCUT2D eigenvalue weighted by Crippen LogP contribution is 1.75. The number of hydrogen-bond acceptors (Lipinski definition) is 7. The summed E-state index contributed by atoms with van der Waals surface area (Å²) in [4.78, 5) is 11.1. The second kappa shape index (κ2) is 5.57. The predicted octanol–water partition coefficient (Wildman–Crippen LogP) is -0.245. The van der Waals surface area contributed by atoms with Gasteiger partial charge >= 0.3 is 0 Å². The average Bonchev–Trinajstić information content (AvgIpc) is 2.21. The quantitative estimate of drug-likeness (QED) is 0.567. The van der Waals surface area contributed by atoms with E-state index in [4.69, 9.17) is 0 Å². The van der Waals surface area contributed by atoms with Gasteiger partial charge in [0.15, 0.2) is 0 Å². The lowest BCUT2D eigenvalue weighted by atomic mass is 10.6. The van der Waals surface area contributed by atoms with Crippen molar-refractivity contribution >= 4 is 0 Å². The van der Waals surface area contributed by atoms with Crippen LogP contribution in [-0.4, -0.2) is 35.6 Å². The minimum absolute atomic E-state index is 0.759. The lowest BCUT2D eigenvalue weighted by Crippen LogP contribution is -1.90. The van der Waals surface area contributed by atoms with Crippen LogP contribution >= 0.6 is 0 Å². The van der Waals surface area contributed by atoms with Crippen molar-refractivity contribution in [2.45, 2.75) is 13.8 Å². The molecule has 0 amide bonds. The molecule has 0 radical (unpaired) electrons. The van der Waals surface area contributed by atoms with E-state index < -0.39 is 0 Å². The molecule has 2 rings (SSSR count). The van der Waals surface area contributed by atoms with Gasteiger partial charge in [0.25, 0.3) is 0 Å². The molecule has 2 aromatic heterocycles. The van der Waals surface area contributed by atoms with Gasteiger partial charge in [0, 0.05) is 0 Å². The summed E-state index contributed by atoms with van der Waals surface area (Å²) < 4.78 is 0. The van der Waals surface area contributed by atoms with E-state index in [1.54, 1.807) is 6.20 Å². The Morgan fingerprint density at radius 1 is 1.00 bits per heavy atom. The van der Waals surface area contributed by atoms with Crippen LogP contribution in [0.5, 0.6) is 0 Å². The molecule has 0 atom stereocenters. The molecule has 72 valence electrons. The van der Waals surface area contributed by atoms with E-state index in [1.165, 1.54) is 12.7 Å². The van der Waals surface area contributed by atoms with Gasteiger partial charge in [-0.05, 0) is 24.3 Å². The molecule has 0 saturated heterocycles. The second-order valence-corrected chi connectivity index (χ2v) is 2.35. The fraction of sp³-hybridized carbons (Fsp3) is 0.286.